The maximum absolute atomic E-state index is 11.8. The zero-order chi connectivity index (χ0) is 19.0. The molecule has 0 fully saturated rings. The maximum atomic E-state index is 11.8. The molecule has 1 heterocycles. The Morgan fingerprint density at radius 3 is 2.28 bits per heavy atom. The van der Waals surface area contributed by atoms with Crippen LogP contribution in [-0.4, -0.2) is 47.3 Å². The molecule has 0 saturated carbocycles. The Morgan fingerprint density at radius 2 is 1.72 bits per heavy atom. The fraction of sp³-hybridized carbons (Fsp3) is 0.667. The minimum Gasteiger partial charge on any atom is -0.460 e. The van der Waals surface area contributed by atoms with E-state index in [1.54, 1.807) is 27.7 Å². The third kappa shape index (κ3) is 7.96. The number of nitrogens with one attached hydrogen (secondary N) is 1. The van der Waals surface area contributed by atoms with Gasteiger partial charge in [0, 0.05) is 31.7 Å². The van der Waals surface area contributed by atoms with Crippen LogP contribution in [0, 0.1) is 5.92 Å². The molecule has 0 aliphatic carbocycles. The molecule has 140 valence electrons. The molecule has 0 aromatic heterocycles. The van der Waals surface area contributed by atoms with Crippen LogP contribution in [0.25, 0.3) is 0 Å². The van der Waals surface area contributed by atoms with Gasteiger partial charge in [-0.1, -0.05) is 13.3 Å². The van der Waals surface area contributed by atoms with Gasteiger partial charge in [0.15, 0.2) is 0 Å². The summed E-state index contributed by atoms with van der Waals surface area (Å²) in [5, 5.41) is 2.73. The number of carbonyl (C=O) groups excluding carboxylic acids is 4. The molecule has 0 aromatic rings. The molecule has 1 N–H and O–H groups in total. The Morgan fingerprint density at radius 1 is 1.12 bits per heavy atom. The van der Waals surface area contributed by atoms with Gasteiger partial charge in [0.2, 0.25) is 5.91 Å². The molecule has 0 bridgehead atoms. The number of hydrogen-bond donors (Lipinski definition) is 1. The Balaban J connectivity index is 2.12. The van der Waals surface area contributed by atoms with E-state index >= 15 is 0 Å². The predicted molar refractivity (Wildman–Crippen MR) is 92.3 cm³/mol. The predicted octanol–water partition coefficient (Wildman–Crippen LogP) is 1.57. The summed E-state index contributed by atoms with van der Waals surface area (Å²) in [4.78, 5) is 47.5. The van der Waals surface area contributed by atoms with Gasteiger partial charge in [-0.25, -0.2) is 0 Å². The molecule has 0 radical (unpaired) electrons. The van der Waals surface area contributed by atoms with Gasteiger partial charge in [-0.2, -0.15) is 0 Å². The lowest BCUT2D eigenvalue weighted by molar-refractivity contribution is -0.159. The molecule has 0 unspecified atom stereocenters. The number of amides is 3. The lowest BCUT2D eigenvalue weighted by Gasteiger charge is -2.22. The average Bonchev–Trinajstić information content (AvgIpc) is 2.82. The molecule has 3 amide bonds. The number of carbonyl (C=O) groups is 4. The average molecular weight is 352 g/mol. The molecule has 1 atom stereocenters. The van der Waals surface area contributed by atoms with Crippen molar-refractivity contribution in [2.75, 3.05) is 13.1 Å². The molecule has 1 aliphatic rings. The third-order valence-electron chi connectivity index (χ3n) is 3.60. The third-order valence-corrected chi connectivity index (χ3v) is 3.60. The zero-order valence-corrected chi connectivity index (χ0v) is 15.5. The van der Waals surface area contributed by atoms with E-state index in [2.05, 4.69) is 5.32 Å². The van der Waals surface area contributed by atoms with E-state index in [4.69, 9.17) is 4.74 Å². The summed E-state index contributed by atoms with van der Waals surface area (Å²) in [6.07, 6.45) is 4.95. The summed E-state index contributed by atoms with van der Waals surface area (Å²) in [5.74, 6) is -1.41. The summed E-state index contributed by atoms with van der Waals surface area (Å²) in [7, 11) is 0. The van der Waals surface area contributed by atoms with Gasteiger partial charge in [0.25, 0.3) is 11.8 Å². The molecule has 25 heavy (non-hydrogen) atoms. The Hall–Kier alpha value is -2.18. The van der Waals surface area contributed by atoms with Gasteiger partial charge in [0.05, 0.1) is 5.92 Å². The summed E-state index contributed by atoms with van der Waals surface area (Å²) >= 11 is 0. The van der Waals surface area contributed by atoms with Crippen molar-refractivity contribution in [3.63, 3.8) is 0 Å². The van der Waals surface area contributed by atoms with Crippen LogP contribution in [0.15, 0.2) is 12.2 Å². The second-order valence-electron chi connectivity index (χ2n) is 7.21. The molecule has 0 spiro atoms. The van der Waals surface area contributed by atoms with E-state index < -0.39 is 11.5 Å². The first-order valence-electron chi connectivity index (χ1n) is 8.63. The topological polar surface area (TPSA) is 92.8 Å². The van der Waals surface area contributed by atoms with Crippen molar-refractivity contribution in [2.24, 2.45) is 5.92 Å². The number of nitrogens with zero attached hydrogens (tertiary/aromatic N) is 1. The standard InChI is InChI=1S/C18H28N2O5/c1-13(17(24)25-18(2,3)4)12-19-14(21)8-6-5-7-11-20-15(22)9-10-16(20)23/h9-10,13H,5-8,11-12H2,1-4H3,(H,19,21)/t13-/m0/s1. The van der Waals surface area contributed by atoms with Gasteiger partial charge < -0.3 is 10.1 Å². The SMILES string of the molecule is C[C@@H](CNC(=O)CCCCCN1C(=O)C=CC1=O)C(=O)OC(C)(C)C. The Labute approximate surface area is 148 Å². The monoisotopic (exact) mass is 352 g/mol. The van der Waals surface area contributed by atoms with Gasteiger partial charge >= 0.3 is 5.97 Å². The van der Waals surface area contributed by atoms with Crippen LogP contribution in [-0.2, 0) is 23.9 Å². The fourth-order valence-corrected chi connectivity index (χ4v) is 2.22. The highest BCUT2D eigenvalue weighted by atomic mass is 16.6. The highest BCUT2D eigenvalue weighted by Gasteiger charge is 2.23. The van der Waals surface area contributed by atoms with Crippen LogP contribution < -0.4 is 5.32 Å². The summed E-state index contributed by atoms with van der Waals surface area (Å²) in [6, 6.07) is 0. The van der Waals surface area contributed by atoms with E-state index in [0.29, 0.717) is 25.8 Å². The van der Waals surface area contributed by atoms with Crippen LogP contribution in [0.2, 0.25) is 0 Å². The number of unbranched alkanes of at least 4 members (excludes halogenated alkanes) is 2. The van der Waals surface area contributed by atoms with Crippen LogP contribution in [0.4, 0.5) is 0 Å². The smallest absolute Gasteiger partial charge is 0.310 e. The van der Waals surface area contributed by atoms with Crippen molar-refractivity contribution >= 4 is 23.7 Å². The maximum Gasteiger partial charge on any atom is 0.310 e. The van der Waals surface area contributed by atoms with Crippen LogP contribution in [0.1, 0.15) is 53.4 Å². The van der Waals surface area contributed by atoms with E-state index in [1.807, 2.05) is 0 Å². The van der Waals surface area contributed by atoms with Crippen LogP contribution in [0.3, 0.4) is 0 Å². The van der Waals surface area contributed by atoms with E-state index in [0.717, 1.165) is 6.42 Å². The van der Waals surface area contributed by atoms with Crippen molar-refractivity contribution in [3.05, 3.63) is 12.2 Å². The molecule has 1 aliphatic heterocycles. The van der Waals surface area contributed by atoms with Gasteiger partial charge in [-0.3, -0.25) is 24.1 Å². The number of rotatable bonds is 9. The van der Waals surface area contributed by atoms with E-state index in [9.17, 15) is 19.2 Å². The molecule has 0 aromatic carbocycles. The lowest BCUT2D eigenvalue weighted by atomic mass is 10.1. The normalized spacial score (nSPS) is 15.4. The lowest BCUT2D eigenvalue weighted by Crippen LogP contribution is -2.35. The van der Waals surface area contributed by atoms with E-state index in [-0.39, 0.29) is 30.2 Å². The largest absolute Gasteiger partial charge is 0.460 e. The molecule has 7 nitrogen and oxygen atoms in total. The van der Waals surface area contributed by atoms with Crippen molar-refractivity contribution < 1.29 is 23.9 Å². The van der Waals surface area contributed by atoms with Crippen molar-refractivity contribution in [1.29, 1.82) is 0 Å². The second-order valence-corrected chi connectivity index (χ2v) is 7.21. The molecule has 7 heteroatoms. The summed E-state index contributed by atoms with van der Waals surface area (Å²) < 4.78 is 5.26. The number of esters is 1. The Bertz CT molecular complexity index is 530. The van der Waals surface area contributed by atoms with Crippen LogP contribution in [0.5, 0.6) is 0 Å². The Kier molecular flexibility index (Phi) is 7.80. The van der Waals surface area contributed by atoms with E-state index in [1.165, 1.54) is 17.1 Å². The minimum absolute atomic E-state index is 0.120. The summed E-state index contributed by atoms with van der Waals surface area (Å²) in [6.45, 7) is 7.74. The highest BCUT2D eigenvalue weighted by Crippen LogP contribution is 2.11. The highest BCUT2D eigenvalue weighted by molar-refractivity contribution is 6.12. The summed E-state index contributed by atoms with van der Waals surface area (Å²) in [5.41, 5.74) is -0.539. The quantitative estimate of drug-likeness (QED) is 0.386. The van der Waals surface area contributed by atoms with Gasteiger partial charge in [-0.05, 0) is 33.6 Å². The van der Waals surface area contributed by atoms with Crippen molar-refractivity contribution in [2.45, 2.75) is 59.0 Å². The molecular weight excluding hydrogens is 324 g/mol. The van der Waals surface area contributed by atoms with Crippen LogP contribution >= 0.6 is 0 Å². The van der Waals surface area contributed by atoms with Gasteiger partial charge in [0.1, 0.15) is 5.60 Å². The van der Waals surface area contributed by atoms with Crippen molar-refractivity contribution in [1.82, 2.24) is 10.2 Å². The first-order chi connectivity index (χ1) is 11.6. The zero-order valence-electron chi connectivity index (χ0n) is 15.5. The van der Waals surface area contributed by atoms with Crippen molar-refractivity contribution in [3.8, 4) is 0 Å². The first kappa shape index (κ1) is 20.9. The number of ether oxygens (including phenoxy) is 1. The molecular formula is C18H28N2O5. The minimum atomic E-state index is -0.539. The number of imide groups is 1. The molecule has 1 rings (SSSR count). The molecule has 0 saturated heterocycles. The number of hydrogen-bond acceptors (Lipinski definition) is 5. The fourth-order valence-electron chi connectivity index (χ4n) is 2.22. The second kappa shape index (κ2) is 9.34. The van der Waals surface area contributed by atoms with Gasteiger partial charge in [-0.15, -0.1) is 0 Å². The first-order valence-corrected chi connectivity index (χ1v) is 8.63.